The highest BCUT2D eigenvalue weighted by molar-refractivity contribution is 5.96. The Hall–Kier alpha value is -4.04. The number of nitrogen functional groups attached to an aromatic ring is 2. The smallest absolute Gasteiger partial charge is 0.0714 e. The molecule has 0 aromatic heterocycles. The lowest BCUT2D eigenvalue weighted by Crippen LogP contribution is -2.29. The lowest BCUT2D eigenvalue weighted by molar-refractivity contribution is 0.765. The van der Waals surface area contributed by atoms with E-state index in [0.29, 0.717) is 0 Å². The Morgan fingerprint density at radius 3 is 1.49 bits per heavy atom. The van der Waals surface area contributed by atoms with Gasteiger partial charge in [0.15, 0.2) is 0 Å². The van der Waals surface area contributed by atoms with E-state index in [1.165, 1.54) is 44.2 Å². The summed E-state index contributed by atoms with van der Waals surface area (Å²) in [6.45, 7) is 8.45. The number of aryl methyl sites for hydroxylation is 4. The first-order valence-corrected chi connectivity index (χ1v) is 12.2. The van der Waals surface area contributed by atoms with Crippen molar-refractivity contribution < 1.29 is 0 Å². The molecule has 35 heavy (non-hydrogen) atoms. The lowest BCUT2D eigenvalue weighted by atomic mass is 9.66. The molecule has 4 N–H and O–H groups in total. The van der Waals surface area contributed by atoms with Gasteiger partial charge in [0.05, 0.1) is 5.41 Å². The van der Waals surface area contributed by atoms with E-state index < -0.39 is 5.41 Å². The first kappa shape index (κ1) is 21.5. The van der Waals surface area contributed by atoms with Gasteiger partial charge in [-0.3, -0.25) is 0 Å². The number of fused-ring (bicyclic) bond motifs is 4. The average molecular weight is 455 g/mol. The maximum Gasteiger partial charge on any atom is 0.0714 e. The van der Waals surface area contributed by atoms with E-state index in [4.69, 9.17) is 11.5 Å². The summed E-state index contributed by atoms with van der Waals surface area (Å²) in [5, 5.41) is 2.50. The molecule has 5 aromatic rings. The van der Waals surface area contributed by atoms with Crippen LogP contribution in [0.4, 0.5) is 11.4 Å². The Kier molecular flexibility index (Phi) is 4.59. The molecule has 0 spiro atoms. The van der Waals surface area contributed by atoms with Gasteiger partial charge in [-0.05, 0) is 106 Å². The highest BCUT2D eigenvalue weighted by atomic mass is 14.6. The molecule has 0 bridgehead atoms. The normalized spacial score (nSPS) is 13.6. The van der Waals surface area contributed by atoms with Gasteiger partial charge in [0.25, 0.3) is 0 Å². The maximum atomic E-state index is 6.45. The van der Waals surface area contributed by atoms with E-state index in [9.17, 15) is 0 Å². The Bertz CT molecular complexity index is 1550. The van der Waals surface area contributed by atoms with Crippen LogP contribution in [-0.4, -0.2) is 0 Å². The van der Waals surface area contributed by atoms with Crippen LogP contribution in [0, 0.1) is 27.7 Å². The minimum atomic E-state index is -0.470. The summed E-state index contributed by atoms with van der Waals surface area (Å²) in [5.41, 5.74) is 26.2. The third-order valence-corrected chi connectivity index (χ3v) is 7.96. The van der Waals surface area contributed by atoms with Crippen LogP contribution in [0.2, 0.25) is 0 Å². The molecule has 2 nitrogen and oxygen atoms in total. The number of hydrogen-bond donors (Lipinski definition) is 2. The van der Waals surface area contributed by atoms with Gasteiger partial charge in [-0.25, -0.2) is 0 Å². The molecule has 172 valence electrons. The van der Waals surface area contributed by atoms with Crippen LogP contribution in [0.25, 0.3) is 21.9 Å². The molecular weight excluding hydrogens is 424 g/mol. The zero-order valence-electron chi connectivity index (χ0n) is 20.7. The molecule has 2 heteroatoms. The molecule has 5 aromatic carbocycles. The molecule has 0 radical (unpaired) electrons. The standard InChI is InChI=1S/C33H30N2/c1-19-13-25(14-20(2)31(19)34)33(26-15-21(3)32(35)22(4)16-26)29-12-8-7-11-27(29)28-17-23-9-5-6-10-24(23)18-30(28)33/h5-18H,34-35H2,1-4H3. The lowest BCUT2D eigenvalue weighted by Gasteiger charge is -2.35. The van der Waals surface area contributed by atoms with Gasteiger partial charge in [-0.15, -0.1) is 0 Å². The largest absolute Gasteiger partial charge is 0.398 e. The van der Waals surface area contributed by atoms with E-state index in [2.05, 4.69) is 113 Å². The molecule has 0 saturated heterocycles. The predicted octanol–water partition coefficient (Wildman–Crippen LogP) is 7.60. The van der Waals surface area contributed by atoms with Crippen molar-refractivity contribution in [1.29, 1.82) is 0 Å². The molecule has 6 rings (SSSR count). The van der Waals surface area contributed by atoms with E-state index >= 15 is 0 Å². The second-order valence-electron chi connectivity index (χ2n) is 10.1. The van der Waals surface area contributed by atoms with Crippen LogP contribution in [0.3, 0.4) is 0 Å². The van der Waals surface area contributed by atoms with Crippen LogP contribution in [0.15, 0.2) is 84.9 Å². The molecule has 0 unspecified atom stereocenters. The zero-order valence-corrected chi connectivity index (χ0v) is 20.7. The first-order chi connectivity index (χ1) is 16.8. The topological polar surface area (TPSA) is 52.0 Å². The van der Waals surface area contributed by atoms with E-state index in [1.807, 2.05) is 0 Å². The van der Waals surface area contributed by atoms with Gasteiger partial charge in [-0.2, -0.15) is 0 Å². The van der Waals surface area contributed by atoms with Crippen molar-refractivity contribution in [3.05, 3.63) is 129 Å². The highest BCUT2D eigenvalue weighted by Gasteiger charge is 2.46. The van der Waals surface area contributed by atoms with Crippen molar-refractivity contribution in [2.24, 2.45) is 0 Å². The zero-order chi connectivity index (χ0) is 24.5. The summed E-state index contributed by atoms with van der Waals surface area (Å²) < 4.78 is 0. The summed E-state index contributed by atoms with van der Waals surface area (Å²) in [5.74, 6) is 0. The monoisotopic (exact) mass is 454 g/mol. The number of anilines is 2. The van der Waals surface area contributed by atoms with Crippen LogP contribution in [-0.2, 0) is 5.41 Å². The number of rotatable bonds is 2. The number of benzene rings is 5. The Morgan fingerprint density at radius 1 is 0.486 bits per heavy atom. The van der Waals surface area contributed by atoms with Crippen LogP contribution in [0.1, 0.15) is 44.5 Å². The second kappa shape index (κ2) is 7.48. The third-order valence-electron chi connectivity index (χ3n) is 7.96. The van der Waals surface area contributed by atoms with Gasteiger partial charge >= 0.3 is 0 Å². The molecule has 0 fully saturated rings. The van der Waals surface area contributed by atoms with Crippen molar-refractivity contribution in [1.82, 2.24) is 0 Å². The number of hydrogen-bond acceptors (Lipinski definition) is 2. The Morgan fingerprint density at radius 2 is 0.943 bits per heavy atom. The summed E-state index contributed by atoms with van der Waals surface area (Å²) in [6, 6.07) is 31.4. The fourth-order valence-corrected chi connectivity index (χ4v) is 6.13. The van der Waals surface area contributed by atoms with Gasteiger partial charge < -0.3 is 11.5 Å². The van der Waals surface area contributed by atoms with Crippen LogP contribution >= 0.6 is 0 Å². The maximum absolute atomic E-state index is 6.45. The van der Waals surface area contributed by atoms with Gasteiger partial charge in [0.1, 0.15) is 0 Å². The summed E-state index contributed by atoms with van der Waals surface area (Å²) >= 11 is 0. The fraction of sp³-hybridized carbons (Fsp3) is 0.152. The van der Waals surface area contributed by atoms with Crippen molar-refractivity contribution in [2.45, 2.75) is 33.1 Å². The van der Waals surface area contributed by atoms with Crippen LogP contribution < -0.4 is 11.5 Å². The van der Waals surface area contributed by atoms with E-state index in [1.54, 1.807) is 0 Å². The molecule has 0 heterocycles. The van der Waals surface area contributed by atoms with Crippen molar-refractivity contribution >= 4 is 22.1 Å². The highest BCUT2D eigenvalue weighted by Crippen LogP contribution is 2.57. The first-order valence-electron chi connectivity index (χ1n) is 12.2. The minimum absolute atomic E-state index is 0.470. The second-order valence-corrected chi connectivity index (χ2v) is 10.1. The molecular formula is C33H30N2. The van der Waals surface area contributed by atoms with Gasteiger partial charge in [0.2, 0.25) is 0 Å². The summed E-state index contributed by atoms with van der Waals surface area (Å²) in [7, 11) is 0. The summed E-state index contributed by atoms with van der Waals surface area (Å²) in [4.78, 5) is 0. The van der Waals surface area contributed by atoms with Crippen molar-refractivity contribution in [3.63, 3.8) is 0 Å². The Labute approximate surface area is 207 Å². The predicted molar refractivity (Wildman–Crippen MR) is 149 cm³/mol. The van der Waals surface area contributed by atoms with Gasteiger partial charge in [0, 0.05) is 11.4 Å². The minimum Gasteiger partial charge on any atom is -0.398 e. The van der Waals surface area contributed by atoms with Crippen molar-refractivity contribution in [3.8, 4) is 11.1 Å². The molecule has 0 saturated carbocycles. The van der Waals surface area contributed by atoms with Gasteiger partial charge in [-0.1, -0.05) is 72.8 Å². The number of nitrogens with two attached hydrogens (primary N) is 2. The quantitative estimate of drug-likeness (QED) is 0.265. The molecule has 0 aliphatic heterocycles. The van der Waals surface area contributed by atoms with E-state index in [-0.39, 0.29) is 0 Å². The van der Waals surface area contributed by atoms with E-state index in [0.717, 1.165) is 33.6 Å². The average Bonchev–Trinajstić information content (AvgIpc) is 3.14. The molecule has 0 amide bonds. The molecule has 1 aliphatic carbocycles. The SMILES string of the molecule is Cc1cc(C2(c3cc(C)c(N)c(C)c3)c3ccccc3-c3cc4ccccc4cc32)cc(C)c1N. The third kappa shape index (κ3) is 2.89. The summed E-state index contributed by atoms with van der Waals surface area (Å²) in [6.07, 6.45) is 0. The fourth-order valence-electron chi connectivity index (χ4n) is 6.13. The Balaban J connectivity index is 1.85. The van der Waals surface area contributed by atoms with Crippen LogP contribution in [0.5, 0.6) is 0 Å². The van der Waals surface area contributed by atoms with Crippen molar-refractivity contribution in [2.75, 3.05) is 11.5 Å². The molecule has 0 atom stereocenters. The molecule has 1 aliphatic rings.